The smallest absolute Gasteiger partial charge is 0.308 e. The van der Waals surface area contributed by atoms with Crippen molar-refractivity contribution in [3.63, 3.8) is 0 Å². The monoisotopic (exact) mass is 461 g/mol. The van der Waals surface area contributed by atoms with Crippen LogP contribution in [0.15, 0.2) is 66.7 Å². The number of benzene rings is 3. The molecule has 1 saturated heterocycles. The molecule has 168 valence electrons. The van der Waals surface area contributed by atoms with E-state index in [0.717, 1.165) is 16.7 Å². The van der Waals surface area contributed by atoms with Gasteiger partial charge in [0.1, 0.15) is 5.82 Å². The van der Waals surface area contributed by atoms with Gasteiger partial charge in [0, 0.05) is 23.5 Å². The average Bonchev–Trinajstić information content (AvgIpc) is 3.34. The molecule has 1 fully saturated rings. The number of carbonyl (C=O) groups is 2. The molecule has 3 amide bonds. The van der Waals surface area contributed by atoms with Crippen molar-refractivity contribution in [2.24, 2.45) is 0 Å². The van der Waals surface area contributed by atoms with Crippen molar-refractivity contribution in [2.75, 3.05) is 22.5 Å². The number of urea groups is 1. The lowest BCUT2D eigenvalue weighted by Gasteiger charge is -2.33. The van der Waals surface area contributed by atoms with Gasteiger partial charge in [0.25, 0.3) is 5.91 Å². The molecule has 2 aliphatic heterocycles. The van der Waals surface area contributed by atoms with E-state index in [1.54, 1.807) is 15.9 Å². The zero-order valence-electron chi connectivity index (χ0n) is 18.5. The number of carbonyl (C=O) groups excluding carboxylic acids is 2. The Balaban J connectivity index is 1.52. The molecule has 0 saturated carbocycles. The molecular weight excluding hydrogens is 437 g/mol. The maximum Gasteiger partial charge on any atom is 0.323 e. The molecule has 0 aliphatic carbocycles. The van der Waals surface area contributed by atoms with E-state index in [2.05, 4.69) is 5.32 Å². The Hall–Kier alpha value is -3.32. The van der Waals surface area contributed by atoms with Crippen LogP contribution in [0.2, 0.25) is 0 Å². The zero-order chi connectivity index (χ0) is 23.2. The summed E-state index contributed by atoms with van der Waals surface area (Å²) in [6.07, 6.45) is 0. The summed E-state index contributed by atoms with van der Waals surface area (Å²) in [6.45, 7) is 4.74. The first-order valence-electron chi connectivity index (χ1n) is 10.9. The second kappa shape index (κ2) is 8.23. The van der Waals surface area contributed by atoms with E-state index in [9.17, 15) is 14.0 Å². The highest BCUT2D eigenvalue weighted by atomic mass is 32.2. The number of nitrogens with one attached hydrogen (secondary N) is 1. The van der Waals surface area contributed by atoms with E-state index >= 15 is 0 Å². The third-order valence-corrected chi connectivity index (χ3v) is 7.76. The number of fused-ring (bicyclic) bond motifs is 2. The van der Waals surface area contributed by atoms with Gasteiger partial charge < -0.3 is 10.2 Å². The lowest BCUT2D eigenvalue weighted by molar-refractivity contribution is -0.123. The van der Waals surface area contributed by atoms with Crippen molar-refractivity contribution in [1.29, 1.82) is 0 Å². The fraction of sp³-hybridized carbons (Fsp3) is 0.231. The Bertz CT molecular complexity index is 1250. The average molecular weight is 462 g/mol. The van der Waals surface area contributed by atoms with Crippen LogP contribution in [0.3, 0.4) is 0 Å². The van der Waals surface area contributed by atoms with Crippen LogP contribution in [0.4, 0.5) is 20.6 Å². The lowest BCUT2D eigenvalue weighted by atomic mass is 10.1. The predicted molar refractivity (Wildman–Crippen MR) is 130 cm³/mol. The number of hydrogen-bond acceptors (Lipinski definition) is 3. The molecular formula is C26H24FN3O2S. The summed E-state index contributed by atoms with van der Waals surface area (Å²) in [5, 5.41) is 2.94. The Kier molecular flexibility index (Phi) is 5.37. The van der Waals surface area contributed by atoms with Crippen molar-refractivity contribution < 1.29 is 14.0 Å². The minimum absolute atomic E-state index is 0.218. The summed E-state index contributed by atoms with van der Waals surface area (Å²) in [7, 11) is 0. The molecule has 2 heterocycles. The Morgan fingerprint density at radius 2 is 1.85 bits per heavy atom. The topological polar surface area (TPSA) is 52.7 Å². The van der Waals surface area contributed by atoms with Gasteiger partial charge in [0.15, 0.2) is 4.87 Å². The summed E-state index contributed by atoms with van der Waals surface area (Å²) < 4.78 is 14.4. The summed E-state index contributed by atoms with van der Waals surface area (Å²) >= 11 is 1.39. The molecule has 7 heteroatoms. The standard InChI is InChI=1S/C26H24FN3O2S/c1-17-8-10-21(14-18(17)2)28-25(32)30-12-13-33-26(30)22-15-20(27)9-11-23(22)29(24(26)31)16-19-6-4-3-5-7-19/h3-11,14-15H,12-13,16H2,1-2H3,(H,28,32). The minimum atomic E-state index is -1.28. The van der Waals surface area contributed by atoms with E-state index in [1.165, 1.54) is 23.9 Å². The Morgan fingerprint density at radius 3 is 2.61 bits per heavy atom. The van der Waals surface area contributed by atoms with Gasteiger partial charge in [0.05, 0.1) is 12.2 Å². The van der Waals surface area contributed by atoms with Crippen LogP contribution < -0.4 is 10.2 Å². The van der Waals surface area contributed by atoms with E-state index in [1.807, 2.05) is 62.4 Å². The highest BCUT2D eigenvalue weighted by Crippen LogP contribution is 2.54. The highest BCUT2D eigenvalue weighted by molar-refractivity contribution is 8.01. The molecule has 33 heavy (non-hydrogen) atoms. The maximum absolute atomic E-state index is 14.4. The number of anilines is 2. The summed E-state index contributed by atoms with van der Waals surface area (Å²) in [5.41, 5.74) is 5.00. The second-order valence-electron chi connectivity index (χ2n) is 8.41. The fourth-order valence-electron chi connectivity index (χ4n) is 4.52. The lowest BCUT2D eigenvalue weighted by Crippen LogP contribution is -2.51. The third kappa shape index (κ3) is 3.56. The molecule has 0 aromatic heterocycles. The predicted octanol–water partition coefficient (Wildman–Crippen LogP) is 5.42. The van der Waals surface area contributed by atoms with Gasteiger partial charge in [-0.3, -0.25) is 9.69 Å². The number of aryl methyl sites for hydroxylation is 2. The number of hydrogen-bond donors (Lipinski definition) is 1. The van der Waals surface area contributed by atoms with Gasteiger partial charge >= 0.3 is 6.03 Å². The van der Waals surface area contributed by atoms with Crippen molar-refractivity contribution in [1.82, 2.24) is 4.90 Å². The molecule has 2 aliphatic rings. The van der Waals surface area contributed by atoms with E-state index in [0.29, 0.717) is 35.8 Å². The van der Waals surface area contributed by atoms with E-state index in [-0.39, 0.29) is 11.9 Å². The Morgan fingerprint density at radius 1 is 1.06 bits per heavy atom. The molecule has 1 N–H and O–H groups in total. The fourth-order valence-corrected chi connectivity index (χ4v) is 5.97. The molecule has 0 bridgehead atoms. The van der Waals surface area contributed by atoms with Crippen LogP contribution in [0, 0.1) is 19.7 Å². The van der Waals surface area contributed by atoms with Gasteiger partial charge in [-0.2, -0.15) is 0 Å². The van der Waals surface area contributed by atoms with Crippen LogP contribution in [0.1, 0.15) is 22.3 Å². The first-order valence-corrected chi connectivity index (χ1v) is 11.8. The van der Waals surface area contributed by atoms with Crippen molar-refractivity contribution in [3.8, 4) is 0 Å². The van der Waals surface area contributed by atoms with Crippen molar-refractivity contribution in [2.45, 2.75) is 25.3 Å². The van der Waals surface area contributed by atoms with Gasteiger partial charge in [-0.1, -0.05) is 36.4 Å². The summed E-state index contributed by atoms with van der Waals surface area (Å²) in [6, 6.07) is 19.4. The van der Waals surface area contributed by atoms with Crippen LogP contribution in [0.5, 0.6) is 0 Å². The molecule has 1 spiro atoms. The van der Waals surface area contributed by atoms with Crippen molar-refractivity contribution in [3.05, 3.63) is 94.8 Å². The largest absolute Gasteiger partial charge is 0.323 e. The number of amides is 3. The first-order chi connectivity index (χ1) is 15.9. The SMILES string of the molecule is Cc1ccc(NC(=O)N2CCSC23C(=O)N(Cc2ccccc2)c2ccc(F)cc23)cc1C. The third-order valence-electron chi connectivity index (χ3n) is 6.34. The Labute approximate surface area is 196 Å². The second-order valence-corrected chi connectivity index (χ2v) is 9.70. The maximum atomic E-state index is 14.4. The normalized spacial score (nSPS) is 19.3. The highest BCUT2D eigenvalue weighted by Gasteiger charge is 2.59. The van der Waals surface area contributed by atoms with Crippen LogP contribution >= 0.6 is 11.8 Å². The molecule has 3 aromatic rings. The van der Waals surface area contributed by atoms with Crippen LogP contribution in [0.25, 0.3) is 0 Å². The van der Waals surface area contributed by atoms with Gasteiger partial charge in [-0.15, -0.1) is 11.8 Å². The van der Waals surface area contributed by atoms with E-state index in [4.69, 9.17) is 0 Å². The van der Waals surface area contributed by atoms with Crippen LogP contribution in [-0.4, -0.2) is 29.1 Å². The van der Waals surface area contributed by atoms with Gasteiger partial charge in [0.2, 0.25) is 0 Å². The number of nitrogens with zero attached hydrogens (tertiary/aromatic N) is 2. The number of halogens is 1. The first kappa shape index (κ1) is 21.5. The van der Waals surface area contributed by atoms with E-state index < -0.39 is 10.7 Å². The molecule has 1 unspecified atom stereocenters. The molecule has 0 radical (unpaired) electrons. The zero-order valence-corrected chi connectivity index (χ0v) is 19.3. The van der Waals surface area contributed by atoms with Crippen LogP contribution in [-0.2, 0) is 16.2 Å². The summed E-state index contributed by atoms with van der Waals surface area (Å²) in [5.74, 6) is -0.0597. The summed E-state index contributed by atoms with van der Waals surface area (Å²) in [4.78, 5) is 29.3. The number of thioether (sulfide) groups is 1. The van der Waals surface area contributed by atoms with Gasteiger partial charge in [-0.05, 0) is 60.9 Å². The minimum Gasteiger partial charge on any atom is -0.308 e. The molecule has 1 atom stereocenters. The van der Waals surface area contributed by atoms with Crippen molar-refractivity contribution >= 4 is 35.1 Å². The number of rotatable bonds is 3. The van der Waals surface area contributed by atoms with Gasteiger partial charge in [-0.25, -0.2) is 9.18 Å². The molecule has 3 aromatic carbocycles. The molecule has 5 rings (SSSR count). The molecule has 5 nitrogen and oxygen atoms in total. The quantitative estimate of drug-likeness (QED) is 0.566.